The van der Waals surface area contributed by atoms with Gasteiger partial charge in [0.25, 0.3) is 5.69 Å². The summed E-state index contributed by atoms with van der Waals surface area (Å²) in [6.07, 6.45) is 0. The van der Waals surface area contributed by atoms with Crippen LogP contribution in [0.1, 0.15) is 12.5 Å². The Balaban J connectivity index is 2.12. The summed E-state index contributed by atoms with van der Waals surface area (Å²) in [6, 6.07) is 4.63. The van der Waals surface area contributed by atoms with Crippen LogP contribution in [0.25, 0.3) is 0 Å². The number of rotatable bonds is 3. The van der Waals surface area contributed by atoms with Crippen LogP contribution in [0, 0.1) is 10.1 Å². The largest absolute Gasteiger partial charge is 0.297 e. The van der Waals surface area contributed by atoms with Crippen molar-refractivity contribution in [2.24, 2.45) is 0 Å². The number of hydrogen-bond acceptors (Lipinski definition) is 4. The average molecular weight is 287 g/mol. The summed E-state index contributed by atoms with van der Waals surface area (Å²) < 4.78 is 0. The molecular weight excluding hydrogens is 272 g/mol. The van der Waals surface area contributed by atoms with Gasteiger partial charge in [0.05, 0.1) is 4.92 Å². The van der Waals surface area contributed by atoms with Crippen molar-refractivity contribution in [2.75, 3.05) is 18.8 Å². The number of hydrogen-bond donors (Lipinski definition) is 0. The molecule has 18 heavy (non-hydrogen) atoms. The predicted molar refractivity (Wildman–Crippen MR) is 75.3 cm³/mol. The summed E-state index contributed by atoms with van der Waals surface area (Å²) in [6.45, 7) is 4.90. The Hall–Kier alpha value is -0.780. The predicted octanol–water partition coefficient (Wildman–Crippen LogP) is 3.19. The van der Waals surface area contributed by atoms with E-state index in [1.165, 1.54) is 6.07 Å². The molecule has 0 spiro atoms. The van der Waals surface area contributed by atoms with Gasteiger partial charge in [-0.2, -0.15) is 11.8 Å². The molecule has 1 aromatic rings. The van der Waals surface area contributed by atoms with E-state index in [9.17, 15) is 10.1 Å². The maximum atomic E-state index is 10.8. The lowest BCUT2D eigenvalue weighted by atomic mass is 10.2. The zero-order valence-electron chi connectivity index (χ0n) is 10.1. The van der Waals surface area contributed by atoms with Gasteiger partial charge in [-0.1, -0.05) is 18.5 Å². The topological polar surface area (TPSA) is 46.4 Å². The molecule has 0 radical (unpaired) electrons. The van der Waals surface area contributed by atoms with Gasteiger partial charge < -0.3 is 0 Å². The Morgan fingerprint density at radius 3 is 3.06 bits per heavy atom. The van der Waals surface area contributed by atoms with Gasteiger partial charge in [-0.3, -0.25) is 15.0 Å². The number of nitrogens with zero attached hydrogens (tertiary/aromatic N) is 2. The molecule has 1 aliphatic heterocycles. The number of benzene rings is 1. The first kappa shape index (κ1) is 13.6. The lowest BCUT2D eigenvalue weighted by molar-refractivity contribution is -0.384. The minimum Gasteiger partial charge on any atom is -0.297 e. The summed E-state index contributed by atoms with van der Waals surface area (Å²) in [4.78, 5) is 12.7. The van der Waals surface area contributed by atoms with Crippen LogP contribution in [-0.2, 0) is 6.54 Å². The second-order valence-corrected chi connectivity index (χ2v) is 6.40. The molecule has 1 saturated heterocycles. The number of halogens is 1. The minimum absolute atomic E-state index is 0.105. The minimum atomic E-state index is -0.380. The van der Waals surface area contributed by atoms with Crippen LogP contribution >= 0.6 is 23.4 Å². The number of nitro benzene ring substituents is 1. The first-order chi connectivity index (χ1) is 8.56. The van der Waals surface area contributed by atoms with E-state index in [0.717, 1.165) is 24.4 Å². The molecule has 0 amide bonds. The molecule has 0 N–H and O–H groups in total. The van der Waals surface area contributed by atoms with E-state index < -0.39 is 0 Å². The maximum Gasteiger partial charge on any atom is 0.269 e. The van der Waals surface area contributed by atoms with E-state index in [1.54, 1.807) is 12.1 Å². The van der Waals surface area contributed by atoms with E-state index in [0.29, 0.717) is 16.8 Å². The van der Waals surface area contributed by atoms with Crippen LogP contribution in [0.15, 0.2) is 18.2 Å². The summed E-state index contributed by atoms with van der Waals surface area (Å²) in [5, 5.41) is 12.0. The molecule has 1 aliphatic rings. The normalized spacial score (nSPS) is 20.9. The van der Waals surface area contributed by atoms with Crippen LogP contribution in [0.5, 0.6) is 0 Å². The highest BCUT2D eigenvalue weighted by molar-refractivity contribution is 7.99. The lowest BCUT2D eigenvalue weighted by Gasteiger charge is -2.30. The number of non-ortho nitro benzene ring substituents is 1. The molecule has 98 valence electrons. The van der Waals surface area contributed by atoms with Gasteiger partial charge in [-0.05, 0) is 11.6 Å². The fourth-order valence-corrected chi connectivity index (χ4v) is 3.33. The van der Waals surface area contributed by atoms with Crippen LogP contribution in [0.4, 0.5) is 5.69 Å². The van der Waals surface area contributed by atoms with Crippen LogP contribution < -0.4 is 0 Å². The lowest BCUT2D eigenvalue weighted by Crippen LogP contribution is -2.36. The Kier molecular flexibility index (Phi) is 4.48. The Morgan fingerprint density at radius 1 is 1.61 bits per heavy atom. The molecule has 0 aliphatic carbocycles. The number of nitro groups is 1. The average Bonchev–Trinajstić information content (AvgIpc) is 2.31. The molecule has 6 heteroatoms. The van der Waals surface area contributed by atoms with Gasteiger partial charge in [-0.15, -0.1) is 0 Å². The van der Waals surface area contributed by atoms with E-state index in [4.69, 9.17) is 11.6 Å². The number of thioether (sulfide) groups is 1. The van der Waals surface area contributed by atoms with Crippen molar-refractivity contribution >= 4 is 29.1 Å². The molecule has 0 saturated carbocycles. The van der Waals surface area contributed by atoms with Crippen molar-refractivity contribution < 1.29 is 4.92 Å². The van der Waals surface area contributed by atoms with Gasteiger partial charge in [0, 0.05) is 47.8 Å². The van der Waals surface area contributed by atoms with Gasteiger partial charge in [0.2, 0.25) is 0 Å². The molecular formula is C12H15ClN2O2S. The van der Waals surface area contributed by atoms with Crippen molar-refractivity contribution in [1.82, 2.24) is 4.90 Å². The van der Waals surface area contributed by atoms with Crippen LogP contribution in [0.2, 0.25) is 5.02 Å². The first-order valence-corrected chi connectivity index (χ1v) is 7.25. The van der Waals surface area contributed by atoms with E-state index in [-0.39, 0.29) is 10.6 Å². The smallest absolute Gasteiger partial charge is 0.269 e. The Labute approximate surface area is 115 Å². The standard InChI is InChI=1S/C12H15ClN2O2S/c1-9-7-14(4-5-18-9)8-10-6-11(15(16)17)2-3-12(10)13/h2-3,6,9H,4-5,7-8H2,1H3. The fraction of sp³-hybridized carbons (Fsp3) is 0.500. The van der Waals surface area contributed by atoms with Crippen molar-refractivity contribution in [3.63, 3.8) is 0 Å². The Morgan fingerprint density at radius 2 is 2.39 bits per heavy atom. The van der Waals surface area contributed by atoms with Gasteiger partial charge in [-0.25, -0.2) is 0 Å². The van der Waals surface area contributed by atoms with Crippen molar-refractivity contribution in [2.45, 2.75) is 18.7 Å². The fourth-order valence-electron chi connectivity index (χ4n) is 2.07. The van der Waals surface area contributed by atoms with E-state index >= 15 is 0 Å². The second kappa shape index (κ2) is 5.91. The zero-order valence-corrected chi connectivity index (χ0v) is 11.7. The van der Waals surface area contributed by atoms with Crippen LogP contribution in [-0.4, -0.2) is 33.9 Å². The highest BCUT2D eigenvalue weighted by Gasteiger charge is 2.18. The molecule has 2 rings (SSSR count). The van der Waals surface area contributed by atoms with Crippen molar-refractivity contribution in [1.29, 1.82) is 0 Å². The quantitative estimate of drug-likeness (QED) is 0.632. The molecule has 4 nitrogen and oxygen atoms in total. The third kappa shape index (κ3) is 3.37. The molecule has 0 aromatic heterocycles. The van der Waals surface area contributed by atoms with E-state index in [1.807, 2.05) is 11.8 Å². The van der Waals surface area contributed by atoms with Gasteiger partial charge in [0.15, 0.2) is 0 Å². The molecule has 1 unspecified atom stereocenters. The third-order valence-electron chi connectivity index (χ3n) is 2.96. The summed E-state index contributed by atoms with van der Waals surface area (Å²) >= 11 is 8.06. The molecule has 1 atom stereocenters. The van der Waals surface area contributed by atoms with Gasteiger partial charge in [0.1, 0.15) is 0 Å². The van der Waals surface area contributed by atoms with Crippen molar-refractivity contribution in [3.8, 4) is 0 Å². The van der Waals surface area contributed by atoms with Gasteiger partial charge >= 0.3 is 0 Å². The van der Waals surface area contributed by atoms with Crippen molar-refractivity contribution in [3.05, 3.63) is 38.9 Å². The molecule has 0 bridgehead atoms. The third-order valence-corrected chi connectivity index (χ3v) is 4.46. The monoisotopic (exact) mass is 286 g/mol. The molecule has 1 fully saturated rings. The van der Waals surface area contributed by atoms with E-state index in [2.05, 4.69) is 11.8 Å². The Bertz CT molecular complexity index is 456. The summed E-state index contributed by atoms with van der Waals surface area (Å²) in [5.41, 5.74) is 0.943. The highest BCUT2D eigenvalue weighted by atomic mass is 35.5. The highest BCUT2D eigenvalue weighted by Crippen LogP contribution is 2.25. The molecule has 1 aromatic carbocycles. The zero-order chi connectivity index (χ0) is 13.1. The first-order valence-electron chi connectivity index (χ1n) is 5.83. The van der Waals surface area contributed by atoms with Crippen LogP contribution in [0.3, 0.4) is 0 Å². The SMILES string of the molecule is CC1CN(Cc2cc([N+](=O)[O-])ccc2Cl)CCS1. The summed E-state index contributed by atoms with van der Waals surface area (Å²) in [5.74, 6) is 1.10. The second-order valence-electron chi connectivity index (χ2n) is 4.45. The molecule has 1 heterocycles. The maximum absolute atomic E-state index is 10.8. The summed E-state index contributed by atoms with van der Waals surface area (Å²) in [7, 11) is 0.